The van der Waals surface area contributed by atoms with Gasteiger partial charge in [0.05, 0.1) is 6.54 Å². The summed E-state index contributed by atoms with van der Waals surface area (Å²) in [4.78, 5) is 23.8. The fourth-order valence-corrected chi connectivity index (χ4v) is 2.42. The number of carboxylic acid groups (broad SMARTS) is 1. The predicted molar refractivity (Wildman–Crippen MR) is 72.5 cm³/mol. The van der Waals surface area contributed by atoms with Crippen molar-refractivity contribution in [2.24, 2.45) is 11.8 Å². The van der Waals surface area contributed by atoms with Crippen LogP contribution in [0.3, 0.4) is 0 Å². The number of urea groups is 1. The van der Waals surface area contributed by atoms with E-state index in [1.54, 1.807) is 0 Å². The Morgan fingerprint density at radius 1 is 1.37 bits per heavy atom. The van der Waals surface area contributed by atoms with E-state index in [9.17, 15) is 9.59 Å². The van der Waals surface area contributed by atoms with Crippen LogP contribution in [0.25, 0.3) is 0 Å². The lowest BCUT2D eigenvalue weighted by Gasteiger charge is -2.33. The summed E-state index contributed by atoms with van der Waals surface area (Å²) < 4.78 is 0. The number of aliphatic carboxylic acids is 1. The molecular formula is C14H22N2O3. The molecule has 5 nitrogen and oxygen atoms in total. The number of carbonyl (C=O) groups excluding carboxylic acids is 1. The second-order valence-electron chi connectivity index (χ2n) is 5.37. The van der Waals surface area contributed by atoms with Gasteiger partial charge in [0.1, 0.15) is 6.54 Å². The number of nitrogens with one attached hydrogen (secondary N) is 1. The molecule has 0 aromatic rings. The Hall–Kier alpha value is -1.70. The highest BCUT2D eigenvalue weighted by atomic mass is 16.4. The fraction of sp³-hybridized carbons (Fsp3) is 0.714. The van der Waals surface area contributed by atoms with Gasteiger partial charge in [-0.3, -0.25) is 4.79 Å². The molecule has 0 bridgehead atoms. The highest BCUT2D eigenvalue weighted by Crippen LogP contribution is 2.29. The van der Waals surface area contributed by atoms with Gasteiger partial charge >= 0.3 is 12.0 Å². The maximum atomic E-state index is 12.0. The summed E-state index contributed by atoms with van der Waals surface area (Å²) in [7, 11) is 0. The van der Waals surface area contributed by atoms with E-state index in [0.29, 0.717) is 11.8 Å². The Balaban J connectivity index is 2.52. The SMILES string of the molecule is C#CCN(CC(=O)O)C(=O)NC1CCC(C)C(C)C1. The van der Waals surface area contributed by atoms with Crippen LogP contribution in [0.2, 0.25) is 0 Å². The van der Waals surface area contributed by atoms with Gasteiger partial charge in [0.25, 0.3) is 0 Å². The standard InChI is InChI=1S/C14H22N2O3/c1-4-7-16(9-13(17)18)14(19)15-12-6-5-10(2)11(3)8-12/h1,10-12H,5-9H2,2-3H3,(H,15,19)(H,17,18). The molecule has 0 aliphatic heterocycles. The molecule has 19 heavy (non-hydrogen) atoms. The molecule has 3 unspecified atom stereocenters. The zero-order valence-corrected chi connectivity index (χ0v) is 11.6. The molecule has 106 valence electrons. The van der Waals surface area contributed by atoms with Crippen LogP contribution in [0.1, 0.15) is 33.1 Å². The summed E-state index contributed by atoms with van der Waals surface area (Å²) in [6, 6.07) is -0.264. The van der Waals surface area contributed by atoms with Crippen LogP contribution in [0.15, 0.2) is 0 Å². The third kappa shape index (κ3) is 4.82. The number of hydrogen-bond donors (Lipinski definition) is 2. The predicted octanol–water partition coefficient (Wildman–Crippen LogP) is 1.54. The molecule has 1 saturated carbocycles. The Kier molecular flexibility index (Phi) is 5.68. The first-order chi connectivity index (χ1) is 8.93. The van der Waals surface area contributed by atoms with Crippen LogP contribution in [-0.2, 0) is 4.79 Å². The lowest BCUT2D eigenvalue weighted by Crippen LogP contribution is -2.48. The minimum Gasteiger partial charge on any atom is -0.480 e. The van der Waals surface area contributed by atoms with E-state index < -0.39 is 5.97 Å². The average molecular weight is 266 g/mol. The minimum atomic E-state index is -1.06. The van der Waals surface area contributed by atoms with Gasteiger partial charge in [0.15, 0.2) is 0 Å². The second-order valence-corrected chi connectivity index (χ2v) is 5.37. The van der Waals surface area contributed by atoms with Crippen molar-refractivity contribution in [3.05, 3.63) is 0 Å². The van der Waals surface area contributed by atoms with Gasteiger partial charge in [0.2, 0.25) is 0 Å². The van der Waals surface area contributed by atoms with Crippen molar-refractivity contribution < 1.29 is 14.7 Å². The van der Waals surface area contributed by atoms with Gasteiger partial charge in [-0.05, 0) is 31.1 Å². The van der Waals surface area contributed by atoms with E-state index in [4.69, 9.17) is 11.5 Å². The smallest absolute Gasteiger partial charge is 0.323 e. The Bertz CT molecular complexity index is 375. The molecule has 0 spiro atoms. The highest BCUT2D eigenvalue weighted by Gasteiger charge is 2.27. The molecule has 2 N–H and O–H groups in total. The van der Waals surface area contributed by atoms with E-state index in [2.05, 4.69) is 25.1 Å². The highest BCUT2D eigenvalue weighted by molar-refractivity contribution is 5.80. The molecule has 0 aromatic carbocycles. The van der Waals surface area contributed by atoms with Crippen molar-refractivity contribution in [2.45, 2.75) is 39.2 Å². The van der Waals surface area contributed by atoms with Crippen molar-refractivity contribution in [1.29, 1.82) is 0 Å². The van der Waals surface area contributed by atoms with Crippen LogP contribution in [0.5, 0.6) is 0 Å². The lowest BCUT2D eigenvalue weighted by molar-refractivity contribution is -0.137. The van der Waals surface area contributed by atoms with E-state index in [-0.39, 0.29) is 25.2 Å². The monoisotopic (exact) mass is 266 g/mol. The topological polar surface area (TPSA) is 69.6 Å². The molecular weight excluding hydrogens is 244 g/mol. The van der Waals surface area contributed by atoms with Crippen LogP contribution >= 0.6 is 0 Å². The number of rotatable bonds is 4. The molecule has 0 aromatic heterocycles. The summed E-state index contributed by atoms with van der Waals surface area (Å²) in [5.74, 6) is 2.49. The summed E-state index contributed by atoms with van der Waals surface area (Å²) in [5, 5.41) is 11.6. The molecule has 5 heteroatoms. The molecule has 0 heterocycles. The van der Waals surface area contributed by atoms with Crippen molar-refractivity contribution >= 4 is 12.0 Å². The van der Waals surface area contributed by atoms with Crippen molar-refractivity contribution in [3.8, 4) is 12.3 Å². The largest absolute Gasteiger partial charge is 0.480 e. The summed E-state index contributed by atoms with van der Waals surface area (Å²) in [6.07, 6.45) is 8.11. The van der Waals surface area contributed by atoms with E-state index in [0.717, 1.165) is 24.2 Å². The zero-order valence-electron chi connectivity index (χ0n) is 11.6. The van der Waals surface area contributed by atoms with Gasteiger partial charge < -0.3 is 15.3 Å². The van der Waals surface area contributed by atoms with Gasteiger partial charge in [-0.2, -0.15) is 0 Å². The second kappa shape index (κ2) is 7.03. The van der Waals surface area contributed by atoms with Crippen LogP contribution in [0.4, 0.5) is 4.79 Å². The molecule has 3 atom stereocenters. The lowest BCUT2D eigenvalue weighted by atomic mass is 9.79. The maximum absolute atomic E-state index is 12.0. The maximum Gasteiger partial charge on any atom is 0.323 e. The first-order valence-corrected chi connectivity index (χ1v) is 6.64. The van der Waals surface area contributed by atoms with E-state index in [1.807, 2.05) is 0 Å². The van der Waals surface area contributed by atoms with Gasteiger partial charge in [0, 0.05) is 6.04 Å². The average Bonchev–Trinajstić information content (AvgIpc) is 2.33. The zero-order chi connectivity index (χ0) is 14.4. The van der Waals surface area contributed by atoms with Gasteiger partial charge in [-0.25, -0.2) is 4.79 Å². The summed E-state index contributed by atoms with van der Waals surface area (Å²) >= 11 is 0. The Morgan fingerprint density at radius 3 is 2.58 bits per heavy atom. The third-order valence-electron chi connectivity index (χ3n) is 3.82. The number of hydrogen-bond acceptors (Lipinski definition) is 2. The normalized spacial score (nSPS) is 26.3. The third-order valence-corrected chi connectivity index (χ3v) is 3.82. The number of terminal acetylenes is 1. The number of carbonyl (C=O) groups is 2. The van der Waals surface area contributed by atoms with Crippen molar-refractivity contribution in [2.75, 3.05) is 13.1 Å². The Labute approximate surface area is 114 Å². The molecule has 1 rings (SSSR count). The fourth-order valence-electron chi connectivity index (χ4n) is 2.42. The number of nitrogens with zero attached hydrogens (tertiary/aromatic N) is 1. The molecule has 1 aliphatic carbocycles. The molecule has 0 radical (unpaired) electrons. The molecule has 0 saturated heterocycles. The van der Waals surface area contributed by atoms with Crippen LogP contribution in [-0.4, -0.2) is 41.1 Å². The Morgan fingerprint density at radius 2 is 2.05 bits per heavy atom. The summed E-state index contributed by atoms with van der Waals surface area (Å²) in [5.41, 5.74) is 0. The number of carboxylic acids is 1. The number of amides is 2. The van der Waals surface area contributed by atoms with E-state index in [1.165, 1.54) is 0 Å². The van der Waals surface area contributed by atoms with Crippen LogP contribution in [0, 0.1) is 24.2 Å². The molecule has 2 amide bonds. The van der Waals surface area contributed by atoms with Gasteiger partial charge in [-0.1, -0.05) is 19.8 Å². The minimum absolute atomic E-state index is 0.0107. The summed E-state index contributed by atoms with van der Waals surface area (Å²) in [6.45, 7) is 4.04. The molecule has 1 aliphatic rings. The first kappa shape index (κ1) is 15.4. The first-order valence-electron chi connectivity index (χ1n) is 6.64. The van der Waals surface area contributed by atoms with Crippen molar-refractivity contribution in [1.82, 2.24) is 10.2 Å². The van der Waals surface area contributed by atoms with Gasteiger partial charge in [-0.15, -0.1) is 6.42 Å². The quantitative estimate of drug-likeness (QED) is 0.758. The molecule has 1 fully saturated rings. The van der Waals surface area contributed by atoms with Crippen molar-refractivity contribution in [3.63, 3.8) is 0 Å². The van der Waals surface area contributed by atoms with E-state index >= 15 is 0 Å². The van der Waals surface area contributed by atoms with Crippen LogP contribution < -0.4 is 5.32 Å².